The molecule has 0 aromatic carbocycles. The molecule has 9 nitrogen and oxygen atoms in total. The number of H-pyrrole nitrogens is 1. The number of anilines is 3. The lowest BCUT2D eigenvalue weighted by Gasteiger charge is -2.50. The number of hydrogen-bond donors (Lipinski definition) is 2. The van der Waals surface area contributed by atoms with E-state index in [1.165, 1.54) is 6.42 Å². The van der Waals surface area contributed by atoms with Gasteiger partial charge in [0.25, 0.3) is 0 Å². The number of aromatic nitrogens is 4. The molecule has 0 radical (unpaired) electrons. The number of carbonyl (C=O) groups excluding carboxylic acids is 1. The van der Waals surface area contributed by atoms with E-state index in [2.05, 4.69) is 37.3 Å². The number of carbonyl (C=O) groups is 1. The maximum Gasteiger partial charge on any atom is 0.236 e. The van der Waals surface area contributed by atoms with E-state index in [4.69, 9.17) is 16.6 Å². The average Bonchev–Trinajstić information content (AvgIpc) is 3.45. The second kappa shape index (κ2) is 9.46. The molecule has 10 heteroatoms. The molecule has 2 aromatic heterocycles. The van der Waals surface area contributed by atoms with Crippen molar-refractivity contribution in [1.29, 1.82) is 0 Å². The number of rotatable bonds is 6. The third-order valence-corrected chi connectivity index (χ3v) is 7.58. The van der Waals surface area contributed by atoms with Crippen LogP contribution < -0.4 is 10.2 Å². The van der Waals surface area contributed by atoms with Crippen LogP contribution in [0.5, 0.6) is 0 Å². The Kier molecular flexibility index (Phi) is 6.42. The van der Waals surface area contributed by atoms with Crippen LogP contribution in [0.15, 0.2) is 12.1 Å². The number of piperidine rings is 2. The minimum Gasteiger partial charge on any atom is -0.342 e. The van der Waals surface area contributed by atoms with Gasteiger partial charge < -0.3 is 15.1 Å². The fourth-order valence-corrected chi connectivity index (χ4v) is 5.83. The van der Waals surface area contributed by atoms with Crippen LogP contribution in [-0.2, 0) is 4.79 Å². The fraction of sp³-hybridized carbons (Fsp3) is 0.652. The molecule has 2 bridgehead atoms. The summed E-state index contributed by atoms with van der Waals surface area (Å²) in [6.45, 7) is 4.37. The largest absolute Gasteiger partial charge is 0.342 e. The lowest BCUT2D eigenvalue weighted by atomic mass is 9.81. The zero-order chi connectivity index (χ0) is 22.9. The Morgan fingerprint density at radius 2 is 1.88 bits per heavy atom. The van der Waals surface area contributed by atoms with Gasteiger partial charge in [0.2, 0.25) is 11.9 Å². The molecule has 0 unspecified atom stereocenters. The standard InChI is InChI=1S/C23H33ClN8O/c1-15-10-21(29-28-15)26-20-13-19(24)25-23(27-20)30(2)18-11-16-6-5-7-17(12-18)32(16)14-22(33)31-8-3-4-9-31/h10,13,16-18H,3-9,11-12,14H2,1-2H3,(H2,25,26,27,28,29)/t16-,17+,18-. The first-order valence-electron chi connectivity index (χ1n) is 12.1. The van der Waals surface area contributed by atoms with Crippen molar-refractivity contribution < 1.29 is 4.79 Å². The molecule has 2 aromatic rings. The SMILES string of the molecule is Cc1cc(Nc2cc(Cl)nc(N(C)[C@@H]3C[C@H]4CCC[C@@H](C3)N4CC(=O)N3CCCC3)n2)n[nH]1. The number of nitrogens with one attached hydrogen (secondary N) is 2. The molecule has 33 heavy (non-hydrogen) atoms. The molecule has 178 valence electrons. The maximum atomic E-state index is 12.8. The Bertz CT molecular complexity index is 977. The van der Waals surface area contributed by atoms with Crippen molar-refractivity contribution >= 4 is 35.1 Å². The van der Waals surface area contributed by atoms with Gasteiger partial charge >= 0.3 is 0 Å². The van der Waals surface area contributed by atoms with Gasteiger partial charge in [-0.05, 0) is 45.4 Å². The maximum absolute atomic E-state index is 12.8. The van der Waals surface area contributed by atoms with E-state index in [-0.39, 0.29) is 0 Å². The zero-order valence-electron chi connectivity index (χ0n) is 19.4. The molecule has 3 atom stereocenters. The van der Waals surface area contributed by atoms with E-state index in [1.54, 1.807) is 6.07 Å². The van der Waals surface area contributed by atoms with E-state index in [0.717, 1.165) is 57.3 Å². The van der Waals surface area contributed by atoms with E-state index in [0.29, 0.717) is 53.3 Å². The molecule has 3 saturated heterocycles. The van der Waals surface area contributed by atoms with Crippen molar-refractivity contribution in [3.63, 3.8) is 0 Å². The van der Waals surface area contributed by atoms with Crippen LogP contribution in [0.25, 0.3) is 0 Å². The number of amides is 1. The molecule has 2 N–H and O–H groups in total. The highest BCUT2D eigenvalue weighted by atomic mass is 35.5. The first-order chi connectivity index (χ1) is 16.0. The van der Waals surface area contributed by atoms with Crippen LogP contribution in [0.1, 0.15) is 50.6 Å². The lowest BCUT2D eigenvalue weighted by molar-refractivity contribution is -0.134. The number of nitrogens with zero attached hydrogens (tertiary/aromatic N) is 6. The smallest absolute Gasteiger partial charge is 0.236 e. The average molecular weight is 473 g/mol. The number of aromatic amines is 1. The van der Waals surface area contributed by atoms with E-state index in [1.807, 2.05) is 17.9 Å². The highest BCUT2D eigenvalue weighted by molar-refractivity contribution is 6.29. The molecular weight excluding hydrogens is 440 g/mol. The third kappa shape index (κ3) is 4.94. The van der Waals surface area contributed by atoms with Crippen molar-refractivity contribution in [2.75, 3.05) is 36.9 Å². The number of hydrogen-bond acceptors (Lipinski definition) is 7. The van der Waals surface area contributed by atoms with Gasteiger partial charge in [0.1, 0.15) is 11.0 Å². The summed E-state index contributed by atoms with van der Waals surface area (Å²) in [5.74, 6) is 2.24. The van der Waals surface area contributed by atoms with Crippen LogP contribution in [0.2, 0.25) is 5.15 Å². The highest BCUT2D eigenvalue weighted by Crippen LogP contribution is 2.37. The number of likely N-dealkylation sites (tertiary alicyclic amines) is 1. The van der Waals surface area contributed by atoms with Crippen molar-refractivity contribution in [3.05, 3.63) is 23.0 Å². The summed E-state index contributed by atoms with van der Waals surface area (Å²) in [4.78, 5) is 28.8. The quantitative estimate of drug-likeness (QED) is 0.622. The van der Waals surface area contributed by atoms with Gasteiger partial charge in [0, 0.05) is 56.1 Å². The van der Waals surface area contributed by atoms with Crippen LogP contribution in [-0.4, -0.2) is 80.7 Å². The summed E-state index contributed by atoms with van der Waals surface area (Å²) in [7, 11) is 2.06. The summed E-state index contributed by atoms with van der Waals surface area (Å²) >= 11 is 6.35. The first kappa shape index (κ1) is 22.4. The molecule has 0 saturated carbocycles. The van der Waals surface area contributed by atoms with Crippen molar-refractivity contribution in [3.8, 4) is 0 Å². The van der Waals surface area contributed by atoms with Gasteiger partial charge in [-0.1, -0.05) is 18.0 Å². The van der Waals surface area contributed by atoms with Gasteiger partial charge in [0.05, 0.1) is 6.54 Å². The second-order valence-electron chi connectivity index (χ2n) is 9.67. The molecule has 0 aliphatic carbocycles. The van der Waals surface area contributed by atoms with E-state index in [9.17, 15) is 4.79 Å². The van der Waals surface area contributed by atoms with Crippen LogP contribution in [0, 0.1) is 6.92 Å². The Morgan fingerprint density at radius 3 is 2.55 bits per heavy atom. The molecule has 3 aliphatic rings. The molecule has 0 spiro atoms. The molecular formula is C23H33ClN8O. The predicted molar refractivity (Wildman–Crippen MR) is 129 cm³/mol. The van der Waals surface area contributed by atoms with E-state index >= 15 is 0 Å². The first-order valence-corrected chi connectivity index (χ1v) is 12.4. The summed E-state index contributed by atoms with van der Waals surface area (Å²) < 4.78 is 0. The number of aryl methyl sites for hydroxylation is 1. The van der Waals surface area contributed by atoms with Crippen molar-refractivity contribution in [2.24, 2.45) is 0 Å². The summed E-state index contributed by atoms with van der Waals surface area (Å²) in [5.41, 5.74) is 0.969. The minimum atomic E-state index is 0.304. The molecule has 1 amide bonds. The van der Waals surface area contributed by atoms with Gasteiger partial charge in [-0.2, -0.15) is 10.1 Å². The molecule has 3 aliphatic heterocycles. The second-order valence-corrected chi connectivity index (χ2v) is 10.1. The topological polar surface area (TPSA) is 93.3 Å². The molecule has 5 heterocycles. The summed E-state index contributed by atoms with van der Waals surface area (Å²) in [6, 6.07) is 4.81. The third-order valence-electron chi connectivity index (χ3n) is 7.39. The minimum absolute atomic E-state index is 0.304. The number of fused-ring (bicyclic) bond motifs is 2. The Morgan fingerprint density at radius 1 is 1.15 bits per heavy atom. The van der Waals surface area contributed by atoms with E-state index < -0.39 is 0 Å². The molecule has 3 fully saturated rings. The predicted octanol–water partition coefficient (Wildman–Crippen LogP) is 3.35. The van der Waals surface area contributed by atoms with Crippen molar-refractivity contribution in [1.82, 2.24) is 30.0 Å². The van der Waals surface area contributed by atoms with Crippen LogP contribution in [0.4, 0.5) is 17.6 Å². The normalized spacial score (nSPS) is 25.3. The summed E-state index contributed by atoms with van der Waals surface area (Å²) in [6.07, 6.45) is 7.84. The highest BCUT2D eigenvalue weighted by Gasteiger charge is 2.41. The van der Waals surface area contributed by atoms with Crippen LogP contribution in [0.3, 0.4) is 0 Å². The van der Waals surface area contributed by atoms with Gasteiger partial charge in [0.15, 0.2) is 5.82 Å². The number of halogens is 1. The van der Waals surface area contributed by atoms with Gasteiger partial charge in [-0.25, -0.2) is 4.98 Å². The zero-order valence-corrected chi connectivity index (χ0v) is 20.2. The van der Waals surface area contributed by atoms with Crippen LogP contribution >= 0.6 is 11.6 Å². The summed E-state index contributed by atoms with van der Waals surface area (Å²) in [5, 5.41) is 10.7. The molecule has 5 rings (SSSR count). The van der Waals surface area contributed by atoms with Gasteiger partial charge in [-0.3, -0.25) is 14.8 Å². The fourth-order valence-electron chi connectivity index (χ4n) is 5.65. The van der Waals surface area contributed by atoms with Gasteiger partial charge in [-0.15, -0.1) is 0 Å². The monoisotopic (exact) mass is 472 g/mol. The Balaban J connectivity index is 1.28. The lowest BCUT2D eigenvalue weighted by Crippen LogP contribution is -2.58. The Hall–Kier alpha value is -2.39. The van der Waals surface area contributed by atoms with Crippen molar-refractivity contribution in [2.45, 2.75) is 70.0 Å². The Labute approximate surface area is 199 Å².